The van der Waals surface area contributed by atoms with Gasteiger partial charge in [-0.1, -0.05) is 97.4 Å². The van der Waals surface area contributed by atoms with Crippen molar-refractivity contribution in [1.82, 2.24) is 10.2 Å². The van der Waals surface area contributed by atoms with Crippen molar-refractivity contribution in [2.75, 3.05) is 24.0 Å². The number of sulfonamides is 1. The number of hydrogen-bond acceptors (Lipinski definition) is 5. The maximum atomic E-state index is 14.6. The summed E-state index contributed by atoms with van der Waals surface area (Å²) in [5, 5.41) is 2.97. The van der Waals surface area contributed by atoms with Crippen LogP contribution in [0.4, 0.5) is 5.69 Å². The topological polar surface area (TPSA) is 96.0 Å². The van der Waals surface area contributed by atoms with Gasteiger partial charge >= 0.3 is 0 Å². The summed E-state index contributed by atoms with van der Waals surface area (Å²) in [6.07, 6.45) is 0.988. The van der Waals surface area contributed by atoms with E-state index in [-0.39, 0.29) is 29.5 Å². The lowest BCUT2D eigenvalue weighted by molar-refractivity contribution is -0.140. The van der Waals surface area contributed by atoms with Crippen LogP contribution in [0, 0.1) is 6.92 Å². The van der Waals surface area contributed by atoms with Crippen LogP contribution in [0.15, 0.2) is 114 Å². The first-order valence-corrected chi connectivity index (χ1v) is 16.6. The second kappa shape index (κ2) is 15.9. The molecule has 236 valence electrons. The second-order valence-electron chi connectivity index (χ2n) is 10.7. The van der Waals surface area contributed by atoms with Gasteiger partial charge in [0.25, 0.3) is 10.0 Å². The van der Waals surface area contributed by atoms with Gasteiger partial charge in [0.1, 0.15) is 18.3 Å². The van der Waals surface area contributed by atoms with Gasteiger partial charge in [-0.2, -0.15) is 0 Å². The monoisotopic (exact) mass is 627 g/mol. The van der Waals surface area contributed by atoms with E-state index in [4.69, 9.17) is 4.74 Å². The third-order valence-corrected chi connectivity index (χ3v) is 9.11. The molecule has 45 heavy (non-hydrogen) atoms. The molecule has 2 amide bonds. The first-order chi connectivity index (χ1) is 21.7. The highest BCUT2D eigenvalue weighted by Crippen LogP contribution is 2.33. The molecule has 0 spiro atoms. The minimum atomic E-state index is -4.22. The van der Waals surface area contributed by atoms with Gasteiger partial charge in [-0.05, 0) is 55.7 Å². The van der Waals surface area contributed by atoms with Crippen LogP contribution in [0.25, 0.3) is 0 Å². The van der Waals surface area contributed by atoms with Crippen LogP contribution in [-0.4, -0.2) is 50.9 Å². The SMILES string of the molecule is CCCNC(=O)[C@H](Cc1ccccc1)N(Cc1ccc(C)cc1)C(=O)CN(c1ccccc1OCC)S(=O)(=O)c1ccccc1. The zero-order valence-electron chi connectivity index (χ0n) is 26.1. The molecule has 0 aliphatic heterocycles. The van der Waals surface area contributed by atoms with Crippen LogP contribution in [0.2, 0.25) is 0 Å². The molecule has 0 unspecified atom stereocenters. The Bertz CT molecular complexity index is 1650. The molecule has 0 aliphatic carbocycles. The zero-order chi connectivity index (χ0) is 32.2. The van der Waals surface area contributed by atoms with E-state index in [2.05, 4.69) is 5.32 Å². The molecule has 4 aromatic carbocycles. The number of amides is 2. The maximum Gasteiger partial charge on any atom is 0.264 e. The Balaban J connectivity index is 1.82. The second-order valence-corrected chi connectivity index (χ2v) is 12.6. The quantitative estimate of drug-likeness (QED) is 0.181. The molecule has 0 saturated carbocycles. The average molecular weight is 628 g/mol. The van der Waals surface area contributed by atoms with Crippen LogP contribution >= 0.6 is 0 Å². The predicted molar refractivity (Wildman–Crippen MR) is 178 cm³/mol. The number of hydrogen-bond donors (Lipinski definition) is 1. The Hall–Kier alpha value is -4.63. The number of benzene rings is 4. The molecular weight excluding hydrogens is 586 g/mol. The molecule has 4 aromatic rings. The lowest BCUT2D eigenvalue weighted by atomic mass is 10.0. The molecule has 0 aliphatic rings. The minimum Gasteiger partial charge on any atom is -0.492 e. The van der Waals surface area contributed by atoms with Crippen LogP contribution < -0.4 is 14.4 Å². The standard InChI is InChI=1S/C36H41N3O5S/c1-4-24-37-36(41)33(25-29-14-8-6-9-15-29)38(26-30-22-20-28(3)21-23-30)35(40)27-39(32-18-12-13-19-34(32)44-5-2)45(42,43)31-16-10-7-11-17-31/h6-23,33H,4-5,24-27H2,1-3H3,(H,37,41)/t33-/m0/s1. The van der Waals surface area contributed by atoms with Crippen LogP contribution in [0.1, 0.15) is 37.0 Å². The van der Waals surface area contributed by atoms with E-state index in [1.165, 1.54) is 17.0 Å². The molecule has 4 rings (SSSR count). The number of nitrogens with one attached hydrogen (secondary N) is 1. The van der Waals surface area contributed by atoms with Gasteiger partial charge in [0.15, 0.2) is 0 Å². The van der Waals surface area contributed by atoms with Crippen LogP contribution in [0.5, 0.6) is 5.75 Å². The van der Waals surface area contributed by atoms with Crippen molar-refractivity contribution in [2.24, 2.45) is 0 Å². The fourth-order valence-corrected chi connectivity index (χ4v) is 6.43. The molecule has 0 radical (unpaired) electrons. The smallest absolute Gasteiger partial charge is 0.264 e. The van der Waals surface area contributed by atoms with Crippen molar-refractivity contribution in [3.8, 4) is 5.75 Å². The highest BCUT2D eigenvalue weighted by atomic mass is 32.2. The Kier molecular flexibility index (Phi) is 11.8. The highest BCUT2D eigenvalue weighted by Gasteiger charge is 2.35. The number of carbonyl (C=O) groups excluding carboxylic acids is 2. The van der Waals surface area contributed by atoms with Gasteiger partial charge in [0, 0.05) is 19.5 Å². The largest absolute Gasteiger partial charge is 0.492 e. The average Bonchev–Trinajstić information content (AvgIpc) is 3.06. The summed E-state index contributed by atoms with van der Waals surface area (Å²) in [7, 11) is -4.22. The summed E-state index contributed by atoms with van der Waals surface area (Å²) in [4.78, 5) is 29.8. The van der Waals surface area contributed by atoms with Crippen molar-refractivity contribution >= 4 is 27.5 Å². The molecule has 9 heteroatoms. The first-order valence-electron chi connectivity index (χ1n) is 15.2. The van der Waals surface area contributed by atoms with E-state index in [1.807, 2.05) is 75.4 Å². The molecule has 1 atom stereocenters. The fraction of sp³-hybridized carbons (Fsp3) is 0.278. The summed E-state index contributed by atoms with van der Waals surface area (Å²) in [6.45, 7) is 6.08. The molecule has 0 saturated heterocycles. The summed E-state index contributed by atoms with van der Waals surface area (Å²) in [5.74, 6) is -0.485. The summed E-state index contributed by atoms with van der Waals surface area (Å²) >= 11 is 0. The maximum absolute atomic E-state index is 14.6. The normalized spacial score (nSPS) is 11.8. The molecule has 0 bridgehead atoms. The Morgan fingerprint density at radius 2 is 1.42 bits per heavy atom. The summed E-state index contributed by atoms with van der Waals surface area (Å²) in [5.41, 5.74) is 3.00. The van der Waals surface area contributed by atoms with Gasteiger partial charge in [0.2, 0.25) is 11.8 Å². The van der Waals surface area contributed by atoms with Crippen LogP contribution in [0.3, 0.4) is 0 Å². The third-order valence-electron chi connectivity index (χ3n) is 7.34. The molecular formula is C36H41N3O5S. The van der Waals surface area contributed by atoms with Gasteiger partial charge < -0.3 is 15.0 Å². The predicted octanol–water partition coefficient (Wildman–Crippen LogP) is 5.76. The number of nitrogens with zero attached hydrogens (tertiary/aromatic N) is 2. The van der Waals surface area contributed by atoms with Crippen molar-refractivity contribution in [3.63, 3.8) is 0 Å². The van der Waals surface area contributed by atoms with E-state index in [0.717, 1.165) is 27.4 Å². The van der Waals surface area contributed by atoms with Gasteiger partial charge in [0.05, 0.1) is 17.2 Å². The zero-order valence-corrected chi connectivity index (χ0v) is 26.9. The number of anilines is 1. The van der Waals surface area contributed by atoms with Crippen molar-refractivity contribution < 1.29 is 22.7 Å². The van der Waals surface area contributed by atoms with E-state index >= 15 is 0 Å². The van der Waals surface area contributed by atoms with Gasteiger partial charge in [-0.15, -0.1) is 0 Å². The van der Waals surface area contributed by atoms with E-state index in [1.54, 1.807) is 42.5 Å². The molecule has 1 N–H and O–H groups in total. The lowest BCUT2D eigenvalue weighted by Crippen LogP contribution is -2.53. The third kappa shape index (κ3) is 8.73. The number of para-hydroxylation sites is 2. The Labute approximate surface area is 266 Å². The molecule has 0 aromatic heterocycles. The number of aryl methyl sites for hydroxylation is 1. The van der Waals surface area contributed by atoms with Gasteiger partial charge in [-0.25, -0.2) is 8.42 Å². The van der Waals surface area contributed by atoms with E-state index in [9.17, 15) is 18.0 Å². The van der Waals surface area contributed by atoms with Crippen molar-refractivity contribution in [1.29, 1.82) is 0 Å². The molecule has 8 nitrogen and oxygen atoms in total. The summed E-state index contributed by atoms with van der Waals surface area (Å²) < 4.78 is 35.3. The lowest BCUT2D eigenvalue weighted by Gasteiger charge is -2.34. The Morgan fingerprint density at radius 1 is 0.800 bits per heavy atom. The van der Waals surface area contributed by atoms with E-state index in [0.29, 0.717) is 18.9 Å². The van der Waals surface area contributed by atoms with Crippen molar-refractivity contribution in [3.05, 3.63) is 126 Å². The summed E-state index contributed by atoms with van der Waals surface area (Å²) in [6, 6.07) is 31.1. The van der Waals surface area contributed by atoms with Crippen LogP contribution in [-0.2, 0) is 32.6 Å². The first kappa shape index (κ1) is 33.3. The fourth-order valence-electron chi connectivity index (χ4n) is 4.98. The van der Waals surface area contributed by atoms with Crippen molar-refractivity contribution in [2.45, 2.75) is 51.1 Å². The number of ether oxygens (including phenoxy) is 1. The van der Waals surface area contributed by atoms with E-state index < -0.39 is 28.5 Å². The Morgan fingerprint density at radius 3 is 2.07 bits per heavy atom. The van der Waals surface area contributed by atoms with Gasteiger partial charge in [-0.3, -0.25) is 13.9 Å². The molecule has 0 heterocycles. The minimum absolute atomic E-state index is 0.0377. The highest BCUT2D eigenvalue weighted by molar-refractivity contribution is 7.92. The number of carbonyl (C=O) groups is 2. The number of rotatable bonds is 15. The molecule has 0 fully saturated rings.